The standard InChI is InChI=1S/C17H19N3O2/c1-12-4-2-3-5-14(12)13-6-8-20(9-7-13)16-11-18-15(10-19-16)17(21)22/h2-5,10-11,13H,6-9H2,1H3,(H,21,22). The zero-order valence-electron chi connectivity index (χ0n) is 12.6. The van der Waals surface area contributed by atoms with Crippen LogP contribution in [0.25, 0.3) is 0 Å². The maximum Gasteiger partial charge on any atom is 0.356 e. The Hall–Kier alpha value is -2.43. The van der Waals surface area contributed by atoms with Gasteiger partial charge < -0.3 is 10.0 Å². The number of aryl methyl sites for hydroxylation is 1. The van der Waals surface area contributed by atoms with Crippen molar-refractivity contribution in [3.05, 3.63) is 53.5 Å². The highest BCUT2D eigenvalue weighted by Crippen LogP contribution is 2.31. The van der Waals surface area contributed by atoms with Gasteiger partial charge in [-0.25, -0.2) is 14.8 Å². The molecule has 1 aliphatic rings. The summed E-state index contributed by atoms with van der Waals surface area (Å²) in [5.74, 6) is 0.300. The van der Waals surface area contributed by atoms with Gasteiger partial charge in [-0.2, -0.15) is 0 Å². The van der Waals surface area contributed by atoms with E-state index in [0.29, 0.717) is 5.92 Å². The van der Waals surface area contributed by atoms with Gasteiger partial charge in [-0.15, -0.1) is 0 Å². The van der Waals surface area contributed by atoms with Gasteiger partial charge in [0.25, 0.3) is 0 Å². The van der Waals surface area contributed by atoms with E-state index in [0.717, 1.165) is 31.7 Å². The zero-order chi connectivity index (χ0) is 15.5. The molecular formula is C17H19N3O2. The van der Waals surface area contributed by atoms with Crippen molar-refractivity contribution in [2.24, 2.45) is 0 Å². The molecule has 3 rings (SSSR count). The van der Waals surface area contributed by atoms with Crippen molar-refractivity contribution >= 4 is 11.8 Å². The molecule has 0 aliphatic carbocycles. The van der Waals surface area contributed by atoms with Crippen molar-refractivity contribution in [1.29, 1.82) is 0 Å². The minimum absolute atomic E-state index is 0.0152. The molecule has 1 N–H and O–H groups in total. The molecule has 22 heavy (non-hydrogen) atoms. The van der Waals surface area contributed by atoms with E-state index in [1.54, 1.807) is 6.20 Å². The van der Waals surface area contributed by atoms with Gasteiger partial charge in [-0.3, -0.25) is 0 Å². The molecule has 5 heteroatoms. The van der Waals surface area contributed by atoms with Crippen LogP contribution < -0.4 is 4.90 Å². The Bertz CT molecular complexity index is 662. The molecule has 0 amide bonds. The highest BCUT2D eigenvalue weighted by molar-refractivity contribution is 5.84. The molecule has 0 radical (unpaired) electrons. The number of piperidine rings is 1. The first-order valence-electron chi connectivity index (χ1n) is 7.51. The molecule has 2 heterocycles. The number of carbonyl (C=O) groups is 1. The van der Waals surface area contributed by atoms with Gasteiger partial charge in [0.15, 0.2) is 5.69 Å². The number of anilines is 1. The quantitative estimate of drug-likeness (QED) is 0.943. The Kier molecular flexibility index (Phi) is 4.04. The van der Waals surface area contributed by atoms with Gasteiger partial charge in [-0.1, -0.05) is 24.3 Å². The Labute approximate surface area is 129 Å². The average molecular weight is 297 g/mol. The van der Waals surface area contributed by atoms with E-state index in [9.17, 15) is 4.79 Å². The van der Waals surface area contributed by atoms with E-state index in [2.05, 4.69) is 46.1 Å². The molecule has 1 aromatic carbocycles. The number of aromatic carboxylic acids is 1. The van der Waals surface area contributed by atoms with E-state index in [4.69, 9.17) is 5.11 Å². The molecule has 0 bridgehead atoms. The molecule has 5 nitrogen and oxygen atoms in total. The van der Waals surface area contributed by atoms with Crippen LogP contribution in [0.5, 0.6) is 0 Å². The third-order valence-electron chi connectivity index (χ3n) is 4.30. The largest absolute Gasteiger partial charge is 0.476 e. The summed E-state index contributed by atoms with van der Waals surface area (Å²) in [6, 6.07) is 8.56. The number of benzene rings is 1. The normalized spacial score (nSPS) is 15.8. The molecule has 2 aromatic rings. The van der Waals surface area contributed by atoms with E-state index in [1.807, 2.05) is 0 Å². The second-order valence-electron chi connectivity index (χ2n) is 5.68. The molecular weight excluding hydrogens is 278 g/mol. The fourth-order valence-electron chi connectivity index (χ4n) is 3.06. The van der Waals surface area contributed by atoms with Gasteiger partial charge in [-0.05, 0) is 36.8 Å². The summed E-state index contributed by atoms with van der Waals surface area (Å²) >= 11 is 0. The molecule has 0 unspecified atom stereocenters. The summed E-state index contributed by atoms with van der Waals surface area (Å²) in [6.07, 6.45) is 5.03. The van der Waals surface area contributed by atoms with Crippen molar-refractivity contribution in [3.63, 3.8) is 0 Å². The Balaban J connectivity index is 1.66. The monoisotopic (exact) mass is 297 g/mol. The lowest BCUT2D eigenvalue weighted by atomic mass is 9.87. The fraction of sp³-hybridized carbons (Fsp3) is 0.353. The molecule has 0 spiro atoms. The van der Waals surface area contributed by atoms with Crippen LogP contribution in [-0.2, 0) is 0 Å². The predicted octanol–water partition coefficient (Wildman–Crippen LogP) is 2.87. The second-order valence-corrected chi connectivity index (χ2v) is 5.68. The average Bonchev–Trinajstić information content (AvgIpc) is 2.56. The number of carboxylic acids is 1. The Morgan fingerprint density at radius 3 is 2.50 bits per heavy atom. The predicted molar refractivity (Wildman–Crippen MR) is 84.4 cm³/mol. The molecule has 1 aromatic heterocycles. The summed E-state index contributed by atoms with van der Waals surface area (Å²) in [5, 5.41) is 8.86. The Morgan fingerprint density at radius 1 is 1.18 bits per heavy atom. The first-order chi connectivity index (χ1) is 10.6. The second kappa shape index (κ2) is 6.13. The Morgan fingerprint density at radius 2 is 1.91 bits per heavy atom. The lowest BCUT2D eigenvalue weighted by Gasteiger charge is -2.33. The van der Waals surface area contributed by atoms with Crippen LogP contribution in [-0.4, -0.2) is 34.1 Å². The van der Waals surface area contributed by atoms with E-state index in [-0.39, 0.29) is 5.69 Å². The number of nitrogens with zero attached hydrogens (tertiary/aromatic N) is 3. The minimum atomic E-state index is -1.04. The molecule has 114 valence electrons. The number of hydrogen-bond acceptors (Lipinski definition) is 4. The maximum absolute atomic E-state index is 10.8. The van der Waals surface area contributed by atoms with Crippen LogP contribution in [0.4, 0.5) is 5.82 Å². The number of aromatic nitrogens is 2. The van der Waals surface area contributed by atoms with Crippen LogP contribution in [0, 0.1) is 6.92 Å². The van der Waals surface area contributed by atoms with Gasteiger partial charge in [0.2, 0.25) is 0 Å². The van der Waals surface area contributed by atoms with Crippen molar-refractivity contribution in [3.8, 4) is 0 Å². The molecule has 0 saturated carbocycles. The third kappa shape index (κ3) is 2.93. The highest BCUT2D eigenvalue weighted by Gasteiger charge is 2.22. The van der Waals surface area contributed by atoms with Crippen LogP contribution in [0.15, 0.2) is 36.7 Å². The maximum atomic E-state index is 10.8. The van der Waals surface area contributed by atoms with Crippen LogP contribution in [0.3, 0.4) is 0 Å². The lowest BCUT2D eigenvalue weighted by Crippen LogP contribution is -2.33. The number of carboxylic acid groups (broad SMARTS) is 1. The molecule has 1 aliphatic heterocycles. The van der Waals surface area contributed by atoms with E-state index in [1.165, 1.54) is 17.3 Å². The first-order valence-corrected chi connectivity index (χ1v) is 7.51. The van der Waals surface area contributed by atoms with Gasteiger partial charge in [0.05, 0.1) is 12.4 Å². The summed E-state index contributed by atoms with van der Waals surface area (Å²) in [4.78, 5) is 21.1. The van der Waals surface area contributed by atoms with E-state index >= 15 is 0 Å². The van der Waals surface area contributed by atoms with Crippen LogP contribution >= 0.6 is 0 Å². The van der Waals surface area contributed by atoms with Crippen LogP contribution in [0.1, 0.15) is 40.4 Å². The number of hydrogen-bond donors (Lipinski definition) is 1. The third-order valence-corrected chi connectivity index (χ3v) is 4.30. The van der Waals surface area contributed by atoms with Crippen molar-refractivity contribution in [2.45, 2.75) is 25.7 Å². The van der Waals surface area contributed by atoms with Gasteiger partial charge in [0, 0.05) is 13.1 Å². The van der Waals surface area contributed by atoms with E-state index < -0.39 is 5.97 Å². The van der Waals surface area contributed by atoms with Crippen molar-refractivity contribution in [2.75, 3.05) is 18.0 Å². The summed E-state index contributed by atoms with van der Waals surface area (Å²) in [5.41, 5.74) is 2.78. The first kappa shape index (κ1) is 14.5. The lowest BCUT2D eigenvalue weighted by molar-refractivity contribution is 0.0690. The topological polar surface area (TPSA) is 66.3 Å². The number of rotatable bonds is 3. The highest BCUT2D eigenvalue weighted by atomic mass is 16.4. The van der Waals surface area contributed by atoms with Crippen molar-refractivity contribution in [1.82, 2.24) is 9.97 Å². The van der Waals surface area contributed by atoms with Gasteiger partial charge in [0.1, 0.15) is 5.82 Å². The molecule has 1 saturated heterocycles. The van der Waals surface area contributed by atoms with Gasteiger partial charge >= 0.3 is 5.97 Å². The van der Waals surface area contributed by atoms with Crippen LogP contribution in [0.2, 0.25) is 0 Å². The zero-order valence-corrected chi connectivity index (χ0v) is 12.6. The molecule has 0 atom stereocenters. The summed E-state index contributed by atoms with van der Waals surface area (Å²) in [6.45, 7) is 4.00. The fourth-order valence-corrected chi connectivity index (χ4v) is 3.06. The smallest absolute Gasteiger partial charge is 0.356 e. The van der Waals surface area contributed by atoms with Crippen molar-refractivity contribution < 1.29 is 9.90 Å². The SMILES string of the molecule is Cc1ccccc1C1CCN(c2cnc(C(=O)O)cn2)CC1. The summed E-state index contributed by atoms with van der Waals surface area (Å²) in [7, 11) is 0. The summed E-state index contributed by atoms with van der Waals surface area (Å²) < 4.78 is 0. The minimum Gasteiger partial charge on any atom is -0.476 e. The molecule has 1 fully saturated rings.